The minimum Gasteiger partial charge on any atom is -0.502 e. The Balaban J connectivity index is -0.0000000857. The zero-order chi connectivity index (χ0) is 32.2. The molecule has 0 fully saturated rings. The molecule has 0 aliphatic heterocycles. The van der Waals surface area contributed by atoms with Crippen molar-refractivity contribution < 1.29 is 43.2 Å². The summed E-state index contributed by atoms with van der Waals surface area (Å²) >= 11 is 0. The first-order valence-corrected chi connectivity index (χ1v) is 11.0. The number of rotatable bonds is 8. The molecule has 0 rings (SSSR count). The second-order valence-corrected chi connectivity index (χ2v) is 6.10. The summed E-state index contributed by atoms with van der Waals surface area (Å²) in [5, 5.41) is 23.3. The Morgan fingerprint density at radius 3 is 1.28 bits per heavy atom. The Labute approximate surface area is 232 Å². The standard InChI is InChI=1S/C7H12O2.C5H8O3.2C5H8O2.2C3H3N/c1-3-5-6-9-7(8)4-2;1-3-8-5(7)4(2)6;2*1-4(2)5(6)7-3;2*1-2-3-4/h4H,2-3,5-6H2,1H3;6H,2-3H2,1H3;2*1H2,2-3H3;2*2H,1H2. The van der Waals surface area contributed by atoms with Crippen LogP contribution in [0.2, 0.25) is 0 Å². The fourth-order valence-electron chi connectivity index (χ4n) is 0.939. The normalized spacial score (nSPS) is 7.18. The molecule has 0 saturated carbocycles. The number of nitrogens with zero attached hydrogens (tertiary/aromatic N) is 2. The van der Waals surface area contributed by atoms with Gasteiger partial charge in [-0.15, -0.1) is 0 Å². The minimum atomic E-state index is -0.757. The third-order valence-corrected chi connectivity index (χ3v) is 2.67. The van der Waals surface area contributed by atoms with E-state index in [1.54, 1.807) is 32.9 Å². The maximum Gasteiger partial charge on any atom is 0.372 e. The predicted molar refractivity (Wildman–Crippen MR) is 150 cm³/mol. The number of aliphatic hydroxyl groups excluding tert-OH is 1. The van der Waals surface area contributed by atoms with E-state index in [4.69, 9.17) is 15.6 Å². The minimum absolute atomic E-state index is 0.262. The molecule has 11 nitrogen and oxygen atoms in total. The lowest BCUT2D eigenvalue weighted by Gasteiger charge is -1.97. The van der Waals surface area contributed by atoms with Gasteiger partial charge in [0, 0.05) is 29.4 Å². The van der Waals surface area contributed by atoms with Gasteiger partial charge in [-0.05, 0) is 33.8 Å². The van der Waals surface area contributed by atoms with Crippen LogP contribution in [0.25, 0.3) is 0 Å². The molecule has 0 spiro atoms. The molecule has 11 heteroatoms. The monoisotopic (exact) mass is 550 g/mol. The molecule has 0 heterocycles. The van der Waals surface area contributed by atoms with Gasteiger partial charge < -0.3 is 24.1 Å². The fraction of sp³-hybridized carbons (Fsp3) is 0.357. The number of methoxy groups -OCH3 is 2. The molecular formula is C28H42N2O9. The van der Waals surface area contributed by atoms with Gasteiger partial charge in [0.05, 0.1) is 39.6 Å². The van der Waals surface area contributed by atoms with E-state index in [0.717, 1.165) is 12.8 Å². The lowest BCUT2D eigenvalue weighted by molar-refractivity contribution is -0.141. The molecule has 0 aliphatic carbocycles. The number of hydrogen-bond acceptors (Lipinski definition) is 11. The van der Waals surface area contributed by atoms with Crippen molar-refractivity contribution in [1.29, 1.82) is 10.5 Å². The van der Waals surface area contributed by atoms with Crippen LogP contribution in [-0.2, 0) is 38.1 Å². The van der Waals surface area contributed by atoms with Crippen LogP contribution in [0.15, 0.2) is 74.6 Å². The van der Waals surface area contributed by atoms with Gasteiger partial charge in [-0.3, -0.25) is 0 Å². The van der Waals surface area contributed by atoms with E-state index in [2.05, 4.69) is 58.4 Å². The van der Waals surface area contributed by atoms with E-state index >= 15 is 0 Å². The van der Waals surface area contributed by atoms with Crippen LogP contribution in [0, 0.1) is 22.7 Å². The highest BCUT2D eigenvalue weighted by atomic mass is 16.5. The van der Waals surface area contributed by atoms with E-state index in [9.17, 15) is 19.2 Å². The topological polar surface area (TPSA) is 173 Å². The summed E-state index contributed by atoms with van der Waals surface area (Å²) in [5.41, 5.74) is 0.866. The molecule has 0 aromatic heterocycles. The molecule has 218 valence electrons. The third-order valence-electron chi connectivity index (χ3n) is 2.67. The van der Waals surface area contributed by atoms with E-state index < -0.39 is 11.7 Å². The second-order valence-electron chi connectivity index (χ2n) is 6.10. The van der Waals surface area contributed by atoms with E-state index in [1.807, 2.05) is 6.92 Å². The first kappa shape index (κ1) is 47.3. The highest BCUT2D eigenvalue weighted by Crippen LogP contribution is 1.89. The summed E-state index contributed by atoms with van der Waals surface area (Å²) in [6, 6.07) is 3.39. The molecule has 0 unspecified atom stereocenters. The number of carbonyl (C=O) groups excluding carboxylic acids is 4. The number of esters is 4. The van der Waals surface area contributed by atoms with Crippen molar-refractivity contribution in [2.24, 2.45) is 0 Å². The SMILES string of the molecule is C=C(C)C(=O)OC.C=C(C)C(=O)OC.C=C(O)C(=O)OCC.C=CC#N.C=CC#N.C=CC(=O)OCCCC. The van der Waals surface area contributed by atoms with Crippen molar-refractivity contribution in [3.8, 4) is 12.1 Å². The van der Waals surface area contributed by atoms with Gasteiger partial charge in [-0.25, -0.2) is 19.2 Å². The van der Waals surface area contributed by atoms with Crippen LogP contribution < -0.4 is 0 Å². The van der Waals surface area contributed by atoms with Crippen molar-refractivity contribution >= 4 is 23.9 Å². The van der Waals surface area contributed by atoms with Gasteiger partial charge in [0.2, 0.25) is 0 Å². The summed E-state index contributed by atoms with van der Waals surface area (Å²) in [7, 11) is 2.66. The third kappa shape index (κ3) is 60.0. The zero-order valence-electron chi connectivity index (χ0n) is 23.9. The average molecular weight is 551 g/mol. The zero-order valence-corrected chi connectivity index (χ0v) is 23.9. The van der Waals surface area contributed by atoms with Gasteiger partial charge in [0.25, 0.3) is 0 Å². The summed E-state index contributed by atoms with van der Waals surface area (Å²) < 4.78 is 17.5. The van der Waals surface area contributed by atoms with Crippen LogP contribution >= 0.6 is 0 Å². The number of ether oxygens (including phenoxy) is 4. The molecule has 0 saturated heterocycles. The smallest absolute Gasteiger partial charge is 0.372 e. The second kappa shape index (κ2) is 40.3. The van der Waals surface area contributed by atoms with Crippen LogP contribution in [0.3, 0.4) is 0 Å². The van der Waals surface area contributed by atoms with Gasteiger partial charge in [0.15, 0.2) is 5.76 Å². The van der Waals surface area contributed by atoms with Crippen LogP contribution in [0.4, 0.5) is 0 Å². The van der Waals surface area contributed by atoms with Crippen LogP contribution in [0.1, 0.15) is 40.5 Å². The van der Waals surface area contributed by atoms with Crippen molar-refractivity contribution in [3.63, 3.8) is 0 Å². The maximum absolute atomic E-state index is 10.3. The van der Waals surface area contributed by atoms with E-state index in [1.165, 1.54) is 32.4 Å². The Kier molecular flexibility index (Phi) is 48.9. The largest absolute Gasteiger partial charge is 0.502 e. The molecule has 0 aliphatic rings. The molecular weight excluding hydrogens is 508 g/mol. The Morgan fingerprint density at radius 2 is 1.15 bits per heavy atom. The molecule has 0 aromatic rings. The Morgan fingerprint density at radius 1 is 0.795 bits per heavy atom. The lowest BCUT2D eigenvalue weighted by Crippen LogP contribution is -2.05. The summed E-state index contributed by atoms with van der Waals surface area (Å²) in [5.74, 6) is -2.33. The number of aliphatic hydroxyl groups is 1. The summed E-state index contributed by atoms with van der Waals surface area (Å²) in [6.07, 6.45) is 5.51. The first-order chi connectivity index (χ1) is 18.2. The first-order valence-electron chi connectivity index (χ1n) is 11.0. The van der Waals surface area contributed by atoms with Gasteiger partial charge >= 0.3 is 23.9 Å². The highest BCUT2D eigenvalue weighted by molar-refractivity contribution is 5.87. The quantitative estimate of drug-likeness (QED) is 0.108. The van der Waals surface area contributed by atoms with Gasteiger partial charge in [0.1, 0.15) is 0 Å². The van der Waals surface area contributed by atoms with E-state index in [0.29, 0.717) is 17.8 Å². The summed E-state index contributed by atoms with van der Waals surface area (Å²) in [6.45, 7) is 26.8. The predicted octanol–water partition coefficient (Wildman–Crippen LogP) is 5.00. The Hall–Kier alpha value is -4.90. The number of unbranched alkanes of at least 4 members (excludes halogenated alkanes) is 1. The molecule has 0 amide bonds. The molecule has 0 radical (unpaired) electrons. The number of hydrogen-bond donors (Lipinski definition) is 1. The average Bonchev–Trinajstić information content (AvgIpc) is 2.93. The summed E-state index contributed by atoms with van der Waals surface area (Å²) in [4.78, 5) is 40.9. The highest BCUT2D eigenvalue weighted by Gasteiger charge is 2.01. The molecule has 39 heavy (non-hydrogen) atoms. The lowest BCUT2D eigenvalue weighted by atomic mass is 10.4. The van der Waals surface area contributed by atoms with Crippen molar-refractivity contribution in [3.05, 3.63) is 74.6 Å². The van der Waals surface area contributed by atoms with Crippen LogP contribution in [-0.4, -0.2) is 56.4 Å². The van der Waals surface area contributed by atoms with Crippen molar-refractivity contribution in [2.45, 2.75) is 40.5 Å². The van der Waals surface area contributed by atoms with Gasteiger partial charge in [-0.1, -0.05) is 46.2 Å². The number of nitriles is 2. The van der Waals surface area contributed by atoms with Crippen molar-refractivity contribution in [1.82, 2.24) is 0 Å². The van der Waals surface area contributed by atoms with Crippen LogP contribution in [0.5, 0.6) is 0 Å². The Bertz CT molecular complexity index is 817. The van der Waals surface area contributed by atoms with Gasteiger partial charge in [-0.2, -0.15) is 10.5 Å². The molecule has 0 atom stereocenters. The fourth-order valence-corrected chi connectivity index (χ4v) is 0.939. The number of allylic oxidation sites excluding steroid dienone is 2. The van der Waals surface area contributed by atoms with E-state index in [-0.39, 0.29) is 24.5 Å². The molecule has 0 aromatic carbocycles. The molecule has 0 bridgehead atoms. The van der Waals surface area contributed by atoms with Crippen molar-refractivity contribution in [2.75, 3.05) is 27.4 Å². The maximum atomic E-state index is 10.3. The number of carbonyl (C=O) groups is 4. The molecule has 1 N–H and O–H groups in total.